The quantitative estimate of drug-likeness (QED) is 0.427. The molecule has 0 aromatic heterocycles. The molecule has 0 heterocycles. The second kappa shape index (κ2) is 8.67. The molecule has 0 unspecified atom stereocenters. The molecule has 3 aliphatic carbocycles. The molecule has 28 heavy (non-hydrogen) atoms. The fourth-order valence-electron chi connectivity index (χ4n) is 3.37. The van der Waals surface area contributed by atoms with Gasteiger partial charge in [-0.25, -0.2) is 26.3 Å². The maximum absolute atomic E-state index is 13.9. The third-order valence-electron chi connectivity index (χ3n) is 4.55. The van der Waals surface area contributed by atoms with Crippen molar-refractivity contribution in [2.45, 2.75) is 37.0 Å². The molecule has 10 heteroatoms. The first-order chi connectivity index (χ1) is 11.9. The molecule has 0 spiro atoms. The van der Waals surface area contributed by atoms with E-state index in [0.29, 0.717) is 18.2 Å². The maximum atomic E-state index is 13.9. The van der Waals surface area contributed by atoms with Gasteiger partial charge in [0.15, 0.2) is 0 Å². The Morgan fingerprint density at radius 3 is 1.11 bits per heavy atom. The molecule has 3 aliphatic rings. The summed E-state index contributed by atoms with van der Waals surface area (Å²) in [5.74, 6) is -9.93. The van der Waals surface area contributed by atoms with Crippen LogP contribution in [0.2, 0.25) is 0 Å². The van der Waals surface area contributed by atoms with E-state index in [1.165, 1.54) is 18.2 Å². The first-order valence-corrected chi connectivity index (χ1v) is 9.85. The Morgan fingerprint density at radius 2 is 0.893 bits per heavy atom. The summed E-state index contributed by atoms with van der Waals surface area (Å²) < 4.78 is 82.9. The third kappa shape index (κ3) is 5.32. The van der Waals surface area contributed by atoms with Gasteiger partial charge in [-0.05, 0) is 18.2 Å². The van der Waals surface area contributed by atoms with E-state index in [9.17, 15) is 31.1 Å². The number of rotatable bonds is 3. The van der Waals surface area contributed by atoms with Crippen LogP contribution in [0.4, 0.5) is 26.3 Å². The van der Waals surface area contributed by atoms with E-state index < -0.39 is 45.3 Å². The van der Waals surface area contributed by atoms with Gasteiger partial charge in [-0.3, -0.25) is 0 Å². The van der Waals surface area contributed by atoms with Gasteiger partial charge in [-0.15, -0.1) is 0 Å². The molecular formula is C18H15BrF6MgOSi. The zero-order chi connectivity index (χ0) is 19.2. The Labute approximate surface area is 186 Å². The average Bonchev–Trinajstić information content (AvgIpc) is 2.51. The van der Waals surface area contributed by atoms with Crippen molar-refractivity contribution in [3.05, 3.63) is 70.3 Å². The Morgan fingerprint density at radius 1 is 0.643 bits per heavy atom. The minimum absolute atomic E-state index is 0. The van der Waals surface area contributed by atoms with Gasteiger partial charge >= 0.3 is 23.1 Å². The van der Waals surface area contributed by atoms with Crippen LogP contribution in [0.25, 0.3) is 0 Å². The Kier molecular flexibility index (Phi) is 7.89. The molecule has 3 rings (SSSR count). The standard InChI is InChI=1S/C18H15F6OSi.BrH.Mg/c19-16(20)7-1-4-13(10-16)26(25,14-5-2-8-17(21,22)11-14)15-6-3-9-18(23,24)12-15;;/h1-9H,10-12H2;1H;/q-1;;+2/p-1. The normalized spacial score (nSPS) is 24.3. The Bertz CT molecular complexity index is 695. The SMILES string of the molecule is [Br-].[Mg+2].[O-][Si](C1=CC=CC(F)(F)C1)(C1=CC=CC(F)(F)C1)C1=CC=CC(F)(F)C1. The Hall–Kier alpha value is -0.557. The van der Waals surface area contributed by atoms with Crippen molar-refractivity contribution in [2.75, 3.05) is 0 Å². The second-order valence-corrected chi connectivity index (χ2v) is 9.94. The summed E-state index contributed by atoms with van der Waals surface area (Å²) in [5.41, 5.74) is 0. The van der Waals surface area contributed by atoms with Crippen molar-refractivity contribution in [3.63, 3.8) is 0 Å². The van der Waals surface area contributed by atoms with Crippen LogP contribution < -0.4 is 21.8 Å². The zero-order valence-electron chi connectivity index (χ0n) is 14.6. The number of hydrogen-bond acceptors (Lipinski definition) is 1. The molecule has 0 bridgehead atoms. The Balaban J connectivity index is 0.00000196. The summed E-state index contributed by atoms with van der Waals surface area (Å²) in [6.45, 7) is 0. The molecule has 0 N–H and O–H groups in total. The second-order valence-electron chi connectivity index (χ2n) is 6.65. The van der Waals surface area contributed by atoms with E-state index in [1.54, 1.807) is 0 Å². The van der Waals surface area contributed by atoms with E-state index in [0.717, 1.165) is 18.2 Å². The summed E-state index contributed by atoms with van der Waals surface area (Å²) in [5, 5.41) is -0.792. The summed E-state index contributed by atoms with van der Waals surface area (Å²) >= 11 is 0. The minimum atomic E-state index is -4.57. The van der Waals surface area contributed by atoms with Gasteiger partial charge < -0.3 is 21.8 Å². The van der Waals surface area contributed by atoms with E-state index in [1.807, 2.05) is 0 Å². The van der Waals surface area contributed by atoms with E-state index in [-0.39, 0.29) is 55.6 Å². The molecule has 0 radical (unpaired) electrons. The van der Waals surface area contributed by atoms with Crippen LogP contribution in [0.15, 0.2) is 70.3 Å². The molecule has 0 atom stereocenters. The number of alkyl halides is 6. The van der Waals surface area contributed by atoms with Gasteiger partial charge in [0.2, 0.25) is 0 Å². The first kappa shape index (κ1) is 25.5. The molecular weight excluding hydrogens is 478 g/mol. The maximum Gasteiger partial charge on any atom is 2.00 e. The van der Waals surface area contributed by atoms with Gasteiger partial charge in [0.05, 0.1) is 0 Å². The van der Waals surface area contributed by atoms with Crippen LogP contribution in [0.1, 0.15) is 19.3 Å². The smallest absolute Gasteiger partial charge is 1.00 e. The topological polar surface area (TPSA) is 23.1 Å². The van der Waals surface area contributed by atoms with Gasteiger partial charge in [-0.2, -0.15) is 0 Å². The van der Waals surface area contributed by atoms with Crippen LogP contribution in [-0.4, -0.2) is 49.1 Å². The molecule has 0 fully saturated rings. The van der Waals surface area contributed by atoms with Gasteiger partial charge in [0, 0.05) is 27.6 Å². The molecule has 1 nitrogen and oxygen atoms in total. The molecule has 148 valence electrons. The molecule has 0 aromatic carbocycles. The monoisotopic (exact) mass is 492 g/mol. The van der Waals surface area contributed by atoms with Crippen molar-refractivity contribution in [1.29, 1.82) is 0 Å². The largest absolute Gasteiger partial charge is 2.00 e. The van der Waals surface area contributed by atoms with Gasteiger partial charge in [0.1, 0.15) is 0 Å². The fraction of sp³-hybridized carbons (Fsp3) is 0.333. The van der Waals surface area contributed by atoms with Gasteiger partial charge in [0.25, 0.3) is 17.8 Å². The number of halogens is 7. The van der Waals surface area contributed by atoms with E-state index in [4.69, 9.17) is 0 Å². The van der Waals surface area contributed by atoms with Crippen molar-refractivity contribution < 1.29 is 48.1 Å². The van der Waals surface area contributed by atoms with Crippen molar-refractivity contribution >= 4 is 31.4 Å². The average molecular weight is 494 g/mol. The molecule has 0 saturated carbocycles. The van der Waals surface area contributed by atoms with Crippen molar-refractivity contribution in [1.82, 2.24) is 0 Å². The third-order valence-corrected chi connectivity index (χ3v) is 8.29. The van der Waals surface area contributed by atoms with Crippen LogP contribution >= 0.6 is 0 Å². The number of hydrogen-bond donors (Lipinski definition) is 0. The predicted octanol–water partition coefficient (Wildman–Crippen LogP) is 1.10. The predicted molar refractivity (Wildman–Crippen MR) is 91.9 cm³/mol. The summed E-state index contributed by atoms with van der Waals surface area (Å²) in [6.07, 6.45) is 5.49. The minimum Gasteiger partial charge on any atom is -1.00 e. The van der Waals surface area contributed by atoms with Gasteiger partial charge in [-0.1, -0.05) is 52.0 Å². The molecule has 0 amide bonds. The molecule has 0 aromatic rings. The zero-order valence-corrected chi connectivity index (χ0v) is 18.6. The molecule has 0 saturated heterocycles. The van der Waals surface area contributed by atoms with Crippen LogP contribution in [0.5, 0.6) is 0 Å². The fourth-order valence-corrected chi connectivity index (χ4v) is 7.06. The van der Waals surface area contributed by atoms with E-state index >= 15 is 0 Å². The van der Waals surface area contributed by atoms with Crippen LogP contribution in [-0.2, 0) is 0 Å². The number of allylic oxidation sites excluding steroid dienone is 12. The van der Waals surface area contributed by atoms with Crippen molar-refractivity contribution in [3.8, 4) is 0 Å². The van der Waals surface area contributed by atoms with E-state index in [2.05, 4.69) is 0 Å². The summed E-state index contributed by atoms with van der Waals surface area (Å²) in [4.78, 5) is 13.9. The van der Waals surface area contributed by atoms with Crippen LogP contribution in [0.3, 0.4) is 0 Å². The van der Waals surface area contributed by atoms with Crippen LogP contribution in [0, 0.1) is 0 Å². The summed E-state index contributed by atoms with van der Waals surface area (Å²) in [7, 11) is -4.57. The van der Waals surface area contributed by atoms with Crippen molar-refractivity contribution in [2.24, 2.45) is 0 Å². The summed E-state index contributed by atoms with van der Waals surface area (Å²) in [6, 6.07) is 0. The first-order valence-electron chi connectivity index (χ1n) is 7.94. The molecule has 0 aliphatic heterocycles.